The molecule has 0 spiro atoms. The number of benzene rings is 1. The molecule has 0 unspecified atom stereocenters. The Balaban J connectivity index is 2.35. The Morgan fingerprint density at radius 3 is 2.41 bits per heavy atom. The lowest BCUT2D eigenvalue weighted by Crippen LogP contribution is -2.17. The first kappa shape index (κ1) is 12.1. The molecule has 0 saturated carbocycles. The maximum atomic E-state index is 11.4. The first-order valence-electron chi connectivity index (χ1n) is 5.20. The van der Waals surface area contributed by atoms with Gasteiger partial charge in [-0.3, -0.25) is 4.79 Å². The highest BCUT2D eigenvalue weighted by Gasteiger charge is 2.08. The molecular formula is C13H12ClNOS. The Hall–Kier alpha value is -1.32. The second kappa shape index (κ2) is 4.90. The average molecular weight is 266 g/mol. The van der Waals surface area contributed by atoms with Crippen molar-refractivity contribution in [2.24, 2.45) is 0 Å². The van der Waals surface area contributed by atoms with Crippen LogP contribution in [0.25, 0.3) is 11.1 Å². The minimum atomic E-state index is -0.0795. The second-order valence-corrected chi connectivity index (χ2v) is 5.56. The van der Waals surface area contributed by atoms with Crippen LogP contribution in [0.3, 0.4) is 0 Å². The number of amides is 1. The van der Waals surface area contributed by atoms with Gasteiger partial charge in [0.2, 0.25) is 0 Å². The Labute approximate surface area is 109 Å². The molecule has 4 heteroatoms. The molecule has 1 aromatic carbocycles. The van der Waals surface area contributed by atoms with Gasteiger partial charge in [0.25, 0.3) is 5.91 Å². The van der Waals surface area contributed by atoms with Gasteiger partial charge in [0.1, 0.15) is 4.34 Å². The Bertz CT molecular complexity index is 545. The van der Waals surface area contributed by atoms with Crippen molar-refractivity contribution in [2.45, 2.75) is 6.92 Å². The summed E-state index contributed by atoms with van der Waals surface area (Å²) in [6, 6.07) is 9.49. The fraction of sp³-hybridized carbons (Fsp3) is 0.154. The summed E-state index contributed by atoms with van der Waals surface area (Å²) in [6.45, 7) is 2.03. The summed E-state index contributed by atoms with van der Waals surface area (Å²) in [5.74, 6) is -0.0795. The van der Waals surface area contributed by atoms with Crippen molar-refractivity contribution in [1.29, 1.82) is 0 Å². The van der Waals surface area contributed by atoms with E-state index in [-0.39, 0.29) is 5.91 Å². The van der Waals surface area contributed by atoms with Gasteiger partial charge in [-0.15, -0.1) is 11.3 Å². The van der Waals surface area contributed by atoms with Crippen LogP contribution in [-0.4, -0.2) is 13.0 Å². The van der Waals surface area contributed by atoms with Gasteiger partial charge in [-0.2, -0.15) is 0 Å². The molecule has 2 rings (SSSR count). The lowest BCUT2D eigenvalue weighted by atomic mass is 10.1. The molecule has 0 atom stereocenters. The van der Waals surface area contributed by atoms with E-state index in [2.05, 4.69) is 11.4 Å². The van der Waals surface area contributed by atoms with Gasteiger partial charge >= 0.3 is 0 Å². The monoisotopic (exact) mass is 265 g/mol. The fourth-order valence-corrected chi connectivity index (χ4v) is 2.90. The molecule has 0 saturated heterocycles. The Morgan fingerprint density at radius 2 is 1.94 bits per heavy atom. The highest BCUT2D eigenvalue weighted by atomic mass is 35.5. The van der Waals surface area contributed by atoms with Gasteiger partial charge in [0.05, 0.1) is 0 Å². The standard InChI is InChI=1S/C13H12ClNOS/c1-8-7-11(12(14)17-8)9-3-5-10(6-4-9)13(16)15-2/h3-7H,1-2H3,(H,15,16). The number of hydrogen-bond donors (Lipinski definition) is 1. The van der Waals surface area contributed by atoms with Crippen molar-refractivity contribution in [2.75, 3.05) is 7.05 Å². The molecule has 1 heterocycles. The van der Waals surface area contributed by atoms with E-state index in [0.717, 1.165) is 15.5 Å². The van der Waals surface area contributed by atoms with Gasteiger partial charge in [-0.1, -0.05) is 23.7 Å². The number of halogens is 1. The molecule has 2 nitrogen and oxygen atoms in total. The highest BCUT2D eigenvalue weighted by Crippen LogP contribution is 2.35. The average Bonchev–Trinajstić information content (AvgIpc) is 2.68. The van der Waals surface area contributed by atoms with Crippen LogP contribution in [-0.2, 0) is 0 Å². The van der Waals surface area contributed by atoms with Crippen molar-refractivity contribution in [1.82, 2.24) is 5.32 Å². The van der Waals surface area contributed by atoms with Crippen molar-refractivity contribution in [3.63, 3.8) is 0 Å². The van der Waals surface area contributed by atoms with E-state index < -0.39 is 0 Å². The molecule has 0 radical (unpaired) electrons. The van der Waals surface area contributed by atoms with Gasteiger partial charge in [-0.25, -0.2) is 0 Å². The zero-order chi connectivity index (χ0) is 12.4. The predicted molar refractivity (Wildman–Crippen MR) is 72.9 cm³/mol. The first-order chi connectivity index (χ1) is 8.11. The summed E-state index contributed by atoms with van der Waals surface area (Å²) in [5.41, 5.74) is 2.71. The molecule has 88 valence electrons. The lowest BCUT2D eigenvalue weighted by molar-refractivity contribution is 0.0963. The zero-order valence-corrected chi connectivity index (χ0v) is 11.2. The summed E-state index contributed by atoms with van der Waals surface area (Å²) in [6.07, 6.45) is 0. The van der Waals surface area contributed by atoms with Crippen LogP contribution < -0.4 is 5.32 Å². The van der Waals surface area contributed by atoms with Crippen LogP contribution in [0.15, 0.2) is 30.3 Å². The van der Waals surface area contributed by atoms with E-state index in [0.29, 0.717) is 5.56 Å². The van der Waals surface area contributed by atoms with Crippen LogP contribution in [0.4, 0.5) is 0 Å². The van der Waals surface area contributed by atoms with E-state index >= 15 is 0 Å². The molecule has 1 aromatic heterocycles. The predicted octanol–water partition coefficient (Wildman–Crippen LogP) is 3.74. The van der Waals surface area contributed by atoms with Crippen molar-refractivity contribution in [3.05, 3.63) is 45.1 Å². The molecule has 17 heavy (non-hydrogen) atoms. The number of thiophene rings is 1. The first-order valence-corrected chi connectivity index (χ1v) is 6.39. The lowest BCUT2D eigenvalue weighted by Gasteiger charge is -2.02. The molecule has 0 fully saturated rings. The van der Waals surface area contributed by atoms with Crippen LogP contribution >= 0.6 is 22.9 Å². The minimum absolute atomic E-state index is 0.0795. The number of rotatable bonds is 2. The summed E-state index contributed by atoms with van der Waals surface area (Å²) < 4.78 is 0.787. The van der Waals surface area contributed by atoms with E-state index in [1.807, 2.05) is 19.1 Å². The fourth-order valence-electron chi connectivity index (χ4n) is 1.63. The van der Waals surface area contributed by atoms with Crippen molar-refractivity contribution >= 4 is 28.8 Å². The normalized spacial score (nSPS) is 10.3. The molecule has 0 bridgehead atoms. The molecule has 1 N–H and O–H groups in total. The second-order valence-electron chi connectivity index (χ2n) is 3.70. The van der Waals surface area contributed by atoms with E-state index in [4.69, 9.17) is 11.6 Å². The molecule has 2 aromatic rings. The van der Waals surface area contributed by atoms with Crippen LogP contribution in [0, 0.1) is 6.92 Å². The summed E-state index contributed by atoms with van der Waals surface area (Å²) in [7, 11) is 1.62. The van der Waals surface area contributed by atoms with Crippen LogP contribution in [0.2, 0.25) is 4.34 Å². The smallest absolute Gasteiger partial charge is 0.251 e. The van der Waals surface area contributed by atoms with Crippen molar-refractivity contribution < 1.29 is 4.79 Å². The number of carbonyl (C=O) groups is 1. The number of hydrogen-bond acceptors (Lipinski definition) is 2. The number of aryl methyl sites for hydroxylation is 1. The SMILES string of the molecule is CNC(=O)c1ccc(-c2cc(C)sc2Cl)cc1. The molecule has 0 aliphatic rings. The molecule has 0 aliphatic carbocycles. The summed E-state index contributed by atoms with van der Waals surface area (Å²) >= 11 is 7.71. The molecular weight excluding hydrogens is 254 g/mol. The zero-order valence-electron chi connectivity index (χ0n) is 9.58. The minimum Gasteiger partial charge on any atom is -0.355 e. The maximum Gasteiger partial charge on any atom is 0.251 e. The maximum absolute atomic E-state index is 11.4. The van der Waals surface area contributed by atoms with Gasteiger partial charge in [0, 0.05) is 23.1 Å². The van der Waals surface area contributed by atoms with E-state index in [1.54, 1.807) is 30.5 Å². The van der Waals surface area contributed by atoms with Gasteiger partial charge in [-0.05, 0) is 30.7 Å². The number of carbonyl (C=O) groups excluding carboxylic acids is 1. The molecule has 1 amide bonds. The third kappa shape index (κ3) is 2.51. The topological polar surface area (TPSA) is 29.1 Å². The van der Waals surface area contributed by atoms with Gasteiger partial charge < -0.3 is 5.32 Å². The summed E-state index contributed by atoms with van der Waals surface area (Å²) in [5, 5.41) is 2.59. The highest BCUT2D eigenvalue weighted by molar-refractivity contribution is 7.16. The third-order valence-electron chi connectivity index (χ3n) is 2.50. The Kier molecular flexibility index (Phi) is 3.50. The third-order valence-corrected chi connectivity index (χ3v) is 3.77. The van der Waals surface area contributed by atoms with E-state index in [9.17, 15) is 4.79 Å². The van der Waals surface area contributed by atoms with Crippen molar-refractivity contribution in [3.8, 4) is 11.1 Å². The quantitative estimate of drug-likeness (QED) is 0.881. The Morgan fingerprint density at radius 1 is 1.29 bits per heavy atom. The van der Waals surface area contributed by atoms with Crippen LogP contribution in [0.5, 0.6) is 0 Å². The largest absolute Gasteiger partial charge is 0.355 e. The van der Waals surface area contributed by atoms with Crippen LogP contribution in [0.1, 0.15) is 15.2 Å². The summed E-state index contributed by atoms with van der Waals surface area (Å²) in [4.78, 5) is 12.6. The van der Waals surface area contributed by atoms with E-state index in [1.165, 1.54) is 4.88 Å². The van der Waals surface area contributed by atoms with Gasteiger partial charge in [0.15, 0.2) is 0 Å². The molecule has 0 aliphatic heterocycles. The number of nitrogens with one attached hydrogen (secondary N) is 1.